The fourth-order valence-electron chi connectivity index (χ4n) is 2.85. The van der Waals surface area contributed by atoms with Crippen LogP contribution in [0.25, 0.3) is 11.1 Å². The molecule has 0 aromatic heterocycles. The van der Waals surface area contributed by atoms with Gasteiger partial charge in [0.1, 0.15) is 12.3 Å². The van der Waals surface area contributed by atoms with Crippen molar-refractivity contribution in [3.05, 3.63) is 71.8 Å². The van der Waals surface area contributed by atoms with Gasteiger partial charge in [0.15, 0.2) is 5.78 Å². The van der Waals surface area contributed by atoms with Crippen LogP contribution in [0, 0.1) is 0 Å². The van der Waals surface area contributed by atoms with E-state index in [2.05, 4.69) is 24.0 Å². The van der Waals surface area contributed by atoms with Gasteiger partial charge in [-0.05, 0) is 55.5 Å². The summed E-state index contributed by atoms with van der Waals surface area (Å²) in [4.78, 5) is 34.3. The summed E-state index contributed by atoms with van der Waals surface area (Å²) in [5.74, 6) is -0.434. The van der Waals surface area contributed by atoms with E-state index >= 15 is 0 Å². The molecular formula is C23H25NO3. The van der Waals surface area contributed by atoms with Crippen molar-refractivity contribution >= 4 is 18.0 Å². The summed E-state index contributed by atoms with van der Waals surface area (Å²) in [6, 6.07) is 14.8. The highest BCUT2D eigenvalue weighted by atomic mass is 16.2. The molecule has 0 saturated heterocycles. The summed E-state index contributed by atoms with van der Waals surface area (Å²) in [5, 5.41) is 2.71. The molecule has 0 spiro atoms. The summed E-state index contributed by atoms with van der Waals surface area (Å²) in [5.41, 5.74) is 4.38. The zero-order chi connectivity index (χ0) is 19.8. The molecule has 2 aromatic rings. The lowest BCUT2D eigenvalue weighted by molar-refractivity contribution is -0.118. The highest BCUT2D eigenvalue weighted by Crippen LogP contribution is 2.21. The normalized spacial score (nSPS) is 11.5. The Kier molecular flexibility index (Phi) is 7.24. The maximum atomic E-state index is 12.4. The Morgan fingerprint density at radius 2 is 1.56 bits per heavy atom. The minimum absolute atomic E-state index is 0.138. The van der Waals surface area contributed by atoms with E-state index < -0.39 is 6.04 Å². The van der Waals surface area contributed by atoms with Crippen molar-refractivity contribution in [1.29, 1.82) is 0 Å². The zero-order valence-electron chi connectivity index (χ0n) is 15.8. The number of Topliss-reactive ketones (excluding diaryl/α,β-unsaturated/α-hetero) is 1. The second-order valence-electron chi connectivity index (χ2n) is 6.70. The largest absolute Gasteiger partial charge is 0.338 e. The Hall–Kier alpha value is -3.01. The van der Waals surface area contributed by atoms with Gasteiger partial charge in [0.05, 0.1) is 0 Å². The Morgan fingerprint density at radius 1 is 1.00 bits per heavy atom. The summed E-state index contributed by atoms with van der Waals surface area (Å²) in [6.45, 7) is 6.91. The molecule has 1 amide bonds. The van der Waals surface area contributed by atoms with E-state index in [0.29, 0.717) is 17.6 Å². The molecule has 0 saturated carbocycles. The maximum Gasteiger partial charge on any atom is 0.252 e. The van der Waals surface area contributed by atoms with Crippen molar-refractivity contribution in [2.24, 2.45) is 0 Å². The monoisotopic (exact) mass is 363 g/mol. The molecule has 0 aliphatic carbocycles. The van der Waals surface area contributed by atoms with E-state index in [1.54, 1.807) is 19.1 Å². The minimum Gasteiger partial charge on any atom is -0.338 e. The van der Waals surface area contributed by atoms with Crippen LogP contribution in [0.4, 0.5) is 0 Å². The van der Waals surface area contributed by atoms with E-state index in [9.17, 15) is 14.4 Å². The third-order valence-electron chi connectivity index (χ3n) is 4.40. The summed E-state index contributed by atoms with van der Waals surface area (Å²) in [6.07, 6.45) is 3.28. The van der Waals surface area contributed by atoms with E-state index in [4.69, 9.17) is 0 Å². The van der Waals surface area contributed by atoms with Crippen molar-refractivity contribution in [1.82, 2.24) is 5.32 Å². The van der Waals surface area contributed by atoms with Crippen LogP contribution in [0.15, 0.2) is 60.7 Å². The van der Waals surface area contributed by atoms with Crippen molar-refractivity contribution in [2.45, 2.75) is 39.2 Å². The van der Waals surface area contributed by atoms with Crippen molar-refractivity contribution in [2.75, 3.05) is 0 Å². The van der Waals surface area contributed by atoms with Crippen LogP contribution in [0.2, 0.25) is 0 Å². The van der Waals surface area contributed by atoms with E-state index in [0.717, 1.165) is 30.3 Å². The predicted molar refractivity (Wildman–Crippen MR) is 108 cm³/mol. The first-order valence-electron chi connectivity index (χ1n) is 9.02. The molecule has 1 unspecified atom stereocenters. The minimum atomic E-state index is -0.663. The second kappa shape index (κ2) is 9.62. The fourth-order valence-corrected chi connectivity index (χ4v) is 2.85. The van der Waals surface area contributed by atoms with Gasteiger partial charge in [-0.3, -0.25) is 9.59 Å². The van der Waals surface area contributed by atoms with Gasteiger partial charge in [0, 0.05) is 12.0 Å². The molecule has 140 valence electrons. The third kappa shape index (κ3) is 5.74. The number of carbonyl (C=O) groups is 3. The first-order valence-corrected chi connectivity index (χ1v) is 9.02. The number of ketones is 1. The summed E-state index contributed by atoms with van der Waals surface area (Å²) >= 11 is 0. The molecule has 0 fully saturated rings. The molecule has 4 nitrogen and oxygen atoms in total. The lowest BCUT2D eigenvalue weighted by Crippen LogP contribution is -2.40. The van der Waals surface area contributed by atoms with Gasteiger partial charge in [0.25, 0.3) is 5.91 Å². The quantitative estimate of drug-likeness (QED) is 0.414. The third-order valence-corrected chi connectivity index (χ3v) is 4.40. The Morgan fingerprint density at radius 3 is 2.04 bits per heavy atom. The number of hydrogen-bond donors (Lipinski definition) is 1. The molecule has 4 heteroatoms. The van der Waals surface area contributed by atoms with Crippen molar-refractivity contribution in [3.8, 4) is 11.1 Å². The standard InChI is InChI=1S/C23H25NO3/c1-16(2)22(17(3)26)24-23(27)21-13-11-20(12-14-21)19-9-7-18(8-10-19)6-4-5-15-25/h7-15,22H,1,4-6H2,2-3H3,(H,24,27). The van der Waals surface area contributed by atoms with E-state index in [-0.39, 0.29) is 11.7 Å². The van der Waals surface area contributed by atoms with Crippen LogP contribution < -0.4 is 5.32 Å². The number of rotatable bonds is 9. The molecule has 0 aliphatic rings. The number of unbranched alkanes of at least 4 members (excludes halogenated alkanes) is 1. The molecule has 2 aromatic carbocycles. The first-order chi connectivity index (χ1) is 12.9. The lowest BCUT2D eigenvalue weighted by atomic mass is 10.0. The average molecular weight is 363 g/mol. The number of benzene rings is 2. The van der Waals surface area contributed by atoms with Gasteiger partial charge >= 0.3 is 0 Å². The van der Waals surface area contributed by atoms with Gasteiger partial charge in [-0.1, -0.05) is 48.6 Å². The van der Waals surface area contributed by atoms with Crippen LogP contribution in [0.5, 0.6) is 0 Å². The number of nitrogens with one attached hydrogen (secondary N) is 1. The van der Waals surface area contributed by atoms with Gasteiger partial charge in [0.2, 0.25) is 0 Å². The molecule has 0 bridgehead atoms. The number of amides is 1. The van der Waals surface area contributed by atoms with Crippen LogP contribution in [0.3, 0.4) is 0 Å². The highest BCUT2D eigenvalue weighted by molar-refractivity contribution is 5.98. The predicted octanol–water partition coefficient (Wildman–Crippen LogP) is 4.14. The van der Waals surface area contributed by atoms with Crippen LogP contribution >= 0.6 is 0 Å². The molecule has 0 radical (unpaired) electrons. The number of aryl methyl sites for hydroxylation is 1. The zero-order valence-corrected chi connectivity index (χ0v) is 15.8. The molecule has 27 heavy (non-hydrogen) atoms. The lowest BCUT2D eigenvalue weighted by Gasteiger charge is -2.16. The number of hydrogen-bond acceptors (Lipinski definition) is 3. The van der Waals surface area contributed by atoms with Crippen molar-refractivity contribution < 1.29 is 14.4 Å². The van der Waals surface area contributed by atoms with Crippen LogP contribution in [0.1, 0.15) is 42.6 Å². The van der Waals surface area contributed by atoms with Crippen molar-refractivity contribution in [3.63, 3.8) is 0 Å². The van der Waals surface area contributed by atoms with Gasteiger partial charge in [-0.2, -0.15) is 0 Å². The second-order valence-corrected chi connectivity index (χ2v) is 6.70. The van der Waals surface area contributed by atoms with Crippen LogP contribution in [-0.4, -0.2) is 24.0 Å². The summed E-state index contributed by atoms with van der Waals surface area (Å²) < 4.78 is 0. The molecule has 1 N–H and O–H groups in total. The Labute approximate surface area is 160 Å². The SMILES string of the molecule is C=C(C)C(NC(=O)c1ccc(-c2ccc(CCCC=O)cc2)cc1)C(C)=O. The molecule has 1 atom stereocenters. The van der Waals surface area contributed by atoms with Gasteiger partial charge in [-0.15, -0.1) is 0 Å². The summed E-state index contributed by atoms with van der Waals surface area (Å²) in [7, 11) is 0. The van der Waals surface area contributed by atoms with Crippen LogP contribution in [-0.2, 0) is 16.0 Å². The number of aldehydes is 1. The molecule has 0 heterocycles. The number of carbonyl (C=O) groups excluding carboxylic acids is 3. The maximum absolute atomic E-state index is 12.4. The molecule has 2 rings (SSSR count). The van der Waals surface area contributed by atoms with Gasteiger partial charge in [-0.25, -0.2) is 0 Å². The van der Waals surface area contributed by atoms with Gasteiger partial charge < -0.3 is 10.1 Å². The molecule has 0 aliphatic heterocycles. The topological polar surface area (TPSA) is 63.2 Å². The smallest absolute Gasteiger partial charge is 0.252 e. The highest BCUT2D eigenvalue weighted by Gasteiger charge is 2.18. The first kappa shape index (κ1) is 20.3. The Balaban J connectivity index is 2.06. The Bertz CT molecular complexity index is 806. The average Bonchev–Trinajstić information content (AvgIpc) is 2.66. The van der Waals surface area contributed by atoms with E-state index in [1.807, 2.05) is 24.3 Å². The molecular weight excluding hydrogens is 338 g/mol. The fraction of sp³-hybridized carbons (Fsp3) is 0.261. The van der Waals surface area contributed by atoms with E-state index in [1.165, 1.54) is 12.5 Å².